The van der Waals surface area contributed by atoms with Crippen LogP contribution >= 0.6 is 11.6 Å². The molecule has 4 heterocycles. The molecule has 29 heavy (non-hydrogen) atoms. The third-order valence-corrected chi connectivity index (χ3v) is 5.97. The second-order valence-corrected chi connectivity index (χ2v) is 8.16. The van der Waals surface area contributed by atoms with Crippen molar-refractivity contribution in [2.24, 2.45) is 0 Å². The monoisotopic (exact) mass is 418 g/mol. The summed E-state index contributed by atoms with van der Waals surface area (Å²) in [4.78, 5) is 33.2. The lowest BCUT2D eigenvalue weighted by Crippen LogP contribution is -2.49. The molecule has 2 aliphatic rings. The maximum absolute atomic E-state index is 12.5. The van der Waals surface area contributed by atoms with Gasteiger partial charge in [0.15, 0.2) is 0 Å². The number of piperazine rings is 1. The van der Waals surface area contributed by atoms with E-state index in [0.29, 0.717) is 18.1 Å². The van der Waals surface area contributed by atoms with Crippen molar-refractivity contribution < 1.29 is 4.79 Å². The van der Waals surface area contributed by atoms with Gasteiger partial charge < -0.3 is 4.90 Å². The van der Waals surface area contributed by atoms with Crippen molar-refractivity contribution in [2.75, 3.05) is 32.7 Å². The van der Waals surface area contributed by atoms with E-state index in [2.05, 4.69) is 15.0 Å². The molecular formula is C20H27ClN6O2. The van der Waals surface area contributed by atoms with Crippen LogP contribution in [0.25, 0.3) is 0 Å². The summed E-state index contributed by atoms with van der Waals surface area (Å²) in [6.07, 6.45) is 6.00. The van der Waals surface area contributed by atoms with Crippen molar-refractivity contribution in [3.63, 3.8) is 0 Å². The lowest BCUT2D eigenvalue weighted by molar-refractivity contribution is -0.132. The first kappa shape index (κ1) is 20.1. The SMILES string of the molecule is O=C(Cc1ccc(Cl)nc1)N1CCN(CCCn2nc3n(c2=O)CCCC3)CC1. The maximum atomic E-state index is 12.5. The molecule has 9 heteroatoms. The third kappa shape index (κ3) is 4.87. The zero-order chi connectivity index (χ0) is 20.2. The lowest BCUT2D eigenvalue weighted by atomic mass is 10.2. The van der Waals surface area contributed by atoms with Crippen LogP contribution in [0.5, 0.6) is 0 Å². The van der Waals surface area contributed by atoms with Gasteiger partial charge in [0.25, 0.3) is 0 Å². The molecule has 4 rings (SSSR count). The highest BCUT2D eigenvalue weighted by Gasteiger charge is 2.21. The van der Waals surface area contributed by atoms with E-state index in [0.717, 1.165) is 76.3 Å². The fourth-order valence-electron chi connectivity index (χ4n) is 4.06. The van der Waals surface area contributed by atoms with Gasteiger partial charge in [-0.15, -0.1) is 0 Å². The Morgan fingerprint density at radius 2 is 1.90 bits per heavy atom. The number of aromatic nitrogens is 4. The van der Waals surface area contributed by atoms with E-state index < -0.39 is 0 Å². The molecule has 0 saturated carbocycles. The second kappa shape index (κ2) is 9.09. The molecule has 0 aromatic carbocycles. The Bertz CT molecular complexity index is 899. The minimum Gasteiger partial charge on any atom is -0.340 e. The van der Waals surface area contributed by atoms with Crippen LogP contribution in [0.1, 0.15) is 30.7 Å². The Balaban J connectivity index is 1.20. The fraction of sp³-hybridized carbons (Fsp3) is 0.600. The molecule has 1 amide bonds. The average Bonchev–Trinajstić information content (AvgIpc) is 3.06. The zero-order valence-corrected chi connectivity index (χ0v) is 17.4. The summed E-state index contributed by atoms with van der Waals surface area (Å²) in [5.74, 6) is 1.06. The number of carbonyl (C=O) groups excluding carboxylic acids is 1. The smallest absolute Gasteiger partial charge is 0.340 e. The van der Waals surface area contributed by atoms with Gasteiger partial charge in [-0.05, 0) is 30.9 Å². The van der Waals surface area contributed by atoms with Gasteiger partial charge in [0.05, 0.1) is 6.42 Å². The van der Waals surface area contributed by atoms with Gasteiger partial charge in [0.1, 0.15) is 11.0 Å². The molecule has 2 aromatic rings. The van der Waals surface area contributed by atoms with E-state index >= 15 is 0 Å². The maximum Gasteiger partial charge on any atom is 0.345 e. The number of fused-ring (bicyclic) bond motifs is 1. The van der Waals surface area contributed by atoms with Gasteiger partial charge in [0, 0.05) is 58.4 Å². The molecule has 2 aliphatic heterocycles. The van der Waals surface area contributed by atoms with Gasteiger partial charge in [-0.25, -0.2) is 14.5 Å². The molecule has 156 valence electrons. The highest BCUT2D eigenvalue weighted by molar-refractivity contribution is 6.29. The molecule has 0 N–H and O–H groups in total. The molecule has 8 nitrogen and oxygen atoms in total. The number of hydrogen-bond donors (Lipinski definition) is 0. The molecule has 0 bridgehead atoms. The number of rotatable bonds is 6. The second-order valence-electron chi connectivity index (χ2n) is 7.77. The first-order valence-electron chi connectivity index (χ1n) is 10.4. The van der Waals surface area contributed by atoms with Crippen LogP contribution in [0.4, 0.5) is 0 Å². The highest BCUT2D eigenvalue weighted by atomic mass is 35.5. The lowest BCUT2D eigenvalue weighted by Gasteiger charge is -2.34. The Morgan fingerprint density at radius 3 is 2.62 bits per heavy atom. The van der Waals surface area contributed by atoms with Crippen molar-refractivity contribution in [2.45, 2.75) is 45.2 Å². The van der Waals surface area contributed by atoms with E-state index in [-0.39, 0.29) is 11.6 Å². The van der Waals surface area contributed by atoms with Crippen LogP contribution in [-0.4, -0.2) is 67.8 Å². The number of nitrogens with zero attached hydrogens (tertiary/aromatic N) is 6. The van der Waals surface area contributed by atoms with Gasteiger partial charge in [0.2, 0.25) is 5.91 Å². The summed E-state index contributed by atoms with van der Waals surface area (Å²) in [5, 5.41) is 4.93. The van der Waals surface area contributed by atoms with Crippen molar-refractivity contribution in [3.8, 4) is 0 Å². The molecule has 2 aromatic heterocycles. The predicted molar refractivity (Wildman–Crippen MR) is 110 cm³/mol. The van der Waals surface area contributed by atoms with E-state index in [1.807, 2.05) is 15.5 Å². The quantitative estimate of drug-likeness (QED) is 0.659. The summed E-state index contributed by atoms with van der Waals surface area (Å²) in [7, 11) is 0. The number of carbonyl (C=O) groups is 1. The van der Waals surface area contributed by atoms with Crippen LogP contribution in [-0.2, 0) is 30.7 Å². The number of aryl methyl sites for hydroxylation is 2. The van der Waals surface area contributed by atoms with Crippen LogP contribution in [0.3, 0.4) is 0 Å². The van der Waals surface area contributed by atoms with Gasteiger partial charge >= 0.3 is 5.69 Å². The van der Waals surface area contributed by atoms with Gasteiger partial charge in [-0.2, -0.15) is 5.10 Å². The Kier molecular flexibility index (Phi) is 6.30. The number of hydrogen-bond acceptors (Lipinski definition) is 5. The van der Waals surface area contributed by atoms with E-state index in [1.54, 1.807) is 16.9 Å². The van der Waals surface area contributed by atoms with E-state index in [9.17, 15) is 9.59 Å². The normalized spacial score (nSPS) is 17.3. The average molecular weight is 419 g/mol. The molecule has 1 fully saturated rings. The van der Waals surface area contributed by atoms with Crippen molar-refractivity contribution in [1.29, 1.82) is 0 Å². The van der Waals surface area contributed by atoms with Crippen molar-refractivity contribution in [1.82, 2.24) is 29.1 Å². The van der Waals surface area contributed by atoms with Crippen LogP contribution < -0.4 is 5.69 Å². The molecule has 1 saturated heterocycles. The largest absolute Gasteiger partial charge is 0.345 e. The number of amides is 1. The molecule has 0 unspecified atom stereocenters. The zero-order valence-electron chi connectivity index (χ0n) is 16.6. The Labute approximate surface area is 175 Å². The summed E-state index contributed by atoms with van der Waals surface area (Å²) in [6, 6.07) is 3.56. The number of pyridine rings is 1. The van der Waals surface area contributed by atoms with Crippen LogP contribution in [0.2, 0.25) is 5.15 Å². The van der Waals surface area contributed by atoms with Crippen LogP contribution in [0, 0.1) is 0 Å². The molecule has 0 radical (unpaired) electrons. The fourth-order valence-corrected chi connectivity index (χ4v) is 4.17. The van der Waals surface area contributed by atoms with Crippen molar-refractivity contribution >= 4 is 17.5 Å². The Hall–Kier alpha value is -2.19. The Morgan fingerprint density at radius 1 is 1.07 bits per heavy atom. The topological polar surface area (TPSA) is 76.3 Å². The summed E-state index contributed by atoms with van der Waals surface area (Å²) < 4.78 is 3.45. The third-order valence-electron chi connectivity index (χ3n) is 5.74. The summed E-state index contributed by atoms with van der Waals surface area (Å²) in [5.41, 5.74) is 0.918. The first-order valence-corrected chi connectivity index (χ1v) is 10.7. The minimum absolute atomic E-state index is 0.0341. The molecule has 0 atom stereocenters. The molecule has 0 spiro atoms. The predicted octanol–water partition coefficient (Wildman–Crippen LogP) is 1.21. The first-order chi connectivity index (χ1) is 14.1. The molecule has 0 aliphatic carbocycles. The van der Waals surface area contributed by atoms with Gasteiger partial charge in [-0.3, -0.25) is 14.3 Å². The molecular weight excluding hydrogens is 392 g/mol. The van der Waals surface area contributed by atoms with E-state index in [1.165, 1.54) is 0 Å². The number of halogens is 1. The van der Waals surface area contributed by atoms with Crippen LogP contribution in [0.15, 0.2) is 23.1 Å². The highest BCUT2D eigenvalue weighted by Crippen LogP contribution is 2.11. The summed E-state index contributed by atoms with van der Waals surface area (Å²) in [6.45, 7) is 5.56. The van der Waals surface area contributed by atoms with E-state index in [4.69, 9.17) is 11.6 Å². The standard InChI is InChI=1S/C20H27ClN6O2/c21-17-6-5-16(15-22-17)14-19(28)25-12-10-24(11-13-25)7-3-9-27-20(29)26-8-2-1-4-18(26)23-27/h5-6,15H,1-4,7-14H2. The van der Waals surface area contributed by atoms with Gasteiger partial charge in [-0.1, -0.05) is 17.7 Å². The summed E-state index contributed by atoms with van der Waals surface area (Å²) >= 11 is 5.79. The minimum atomic E-state index is 0.0341. The van der Waals surface area contributed by atoms with Crippen molar-refractivity contribution in [3.05, 3.63) is 45.4 Å².